The number of hydrogen-bond donors (Lipinski definition) is 1. The van der Waals surface area contributed by atoms with Gasteiger partial charge in [0.1, 0.15) is 12.4 Å². The van der Waals surface area contributed by atoms with E-state index >= 15 is 0 Å². The van der Waals surface area contributed by atoms with Gasteiger partial charge in [-0.15, -0.1) is 0 Å². The van der Waals surface area contributed by atoms with Gasteiger partial charge >= 0.3 is 10.2 Å². The summed E-state index contributed by atoms with van der Waals surface area (Å²) in [7, 11) is 0.804. The van der Waals surface area contributed by atoms with Crippen LogP contribution >= 0.6 is 0 Å². The summed E-state index contributed by atoms with van der Waals surface area (Å²) in [5, 5.41) is 2.78. The van der Waals surface area contributed by atoms with E-state index < -0.39 is 10.2 Å². The van der Waals surface area contributed by atoms with Crippen molar-refractivity contribution in [3.8, 4) is 5.75 Å². The van der Waals surface area contributed by atoms with Crippen LogP contribution in [0.3, 0.4) is 0 Å². The Bertz CT molecular complexity index is 892. The zero-order valence-corrected chi connectivity index (χ0v) is 16.4. The highest BCUT2D eigenvalue weighted by Crippen LogP contribution is 2.20. The maximum atomic E-state index is 12.4. The summed E-state index contributed by atoms with van der Waals surface area (Å²) in [5.74, 6) is 0.391. The first-order valence-corrected chi connectivity index (χ1v) is 9.57. The third kappa shape index (κ3) is 5.08. The highest BCUT2D eigenvalue weighted by molar-refractivity contribution is 7.90. The van der Waals surface area contributed by atoms with Crippen molar-refractivity contribution in [1.29, 1.82) is 0 Å². The molecule has 0 fully saturated rings. The molecule has 0 heterocycles. The highest BCUT2D eigenvalue weighted by Gasteiger charge is 2.21. The number of rotatable bonds is 8. The lowest BCUT2D eigenvalue weighted by molar-refractivity contribution is 0.102. The minimum absolute atomic E-state index is 0.292. The number of amides is 1. The zero-order valence-electron chi connectivity index (χ0n) is 15.5. The van der Waals surface area contributed by atoms with Crippen LogP contribution in [0.1, 0.15) is 10.4 Å². The normalized spacial score (nSPS) is 11.1. The molecule has 0 aliphatic carbocycles. The fourth-order valence-corrected chi connectivity index (χ4v) is 3.07. The number of carbonyl (C=O) groups is 1. The molecule has 0 unspecified atom stereocenters. The van der Waals surface area contributed by atoms with Crippen molar-refractivity contribution in [2.24, 2.45) is 0 Å². The molecule has 0 saturated heterocycles. The van der Waals surface area contributed by atoms with Gasteiger partial charge in [0.15, 0.2) is 0 Å². The zero-order chi connectivity index (χ0) is 20.0. The number of nitrogens with one attached hydrogen (secondary N) is 1. The molecule has 2 rings (SSSR count). The number of nitrogens with zero attached hydrogens (tertiary/aromatic N) is 2. The van der Waals surface area contributed by atoms with Crippen molar-refractivity contribution in [2.45, 2.75) is 0 Å². The van der Waals surface area contributed by atoms with E-state index in [1.807, 2.05) is 0 Å². The van der Waals surface area contributed by atoms with Gasteiger partial charge in [-0.25, -0.2) is 0 Å². The molecule has 1 amide bonds. The topological polar surface area (TPSA) is 79.0 Å². The van der Waals surface area contributed by atoms with Gasteiger partial charge in [-0.3, -0.25) is 9.10 Å². The molecule has 0 aromatic heterocycles. The molecule has 27 heavy (non-hydrogen) atoms. The molecule has 0 aliphatic rings. The molecule has 1 N–H and O–H groups in total. The van der Waals surface area contributed by atoms with Crippen LogP contribution in [0.15, 0.2) is 61.2 Å². The third-order valence-corrected chi connectivity index (χ3v) is 5.61. The van der Waals surface area contributed by atoms with Crippen LogP contribution in [-0.2, 0) is 10.2 Å². The van der Waals surface area contributed by atoms with E-state index in [0.29, 0.717) is 29.3 Å². The summed E-state index contributed by atoms with van der Waals surface area (Å²) in [4.78, 5) is 12.4. The molecule has 0 aliphatic heterocycles. The van der Waals surface area contributed by atoms with Gasteiger partial charge < -0.3 is 10.1 Å². The molecule has 144 valence electrons. The van der Waals surface area contributed by atoms with E-state index in [2.05, 4.69) is 11.9 Å². The average molecular weight is 389 g/mol. The predicted molar refractivity (Wildman–Crippen MR) is 108 cm³/mol. The van der Waals surface area contributed by atoms with Gasteiger partial charge in [0, 0.05) is 32.4 Å². The highest BCUT2D eigenvalue weighted by atomic mass is 32.2. The van der Waals surface area contributed by atoms with Gasteiger partial charge in [0.05, 0.1) is 5.69 Å². The first kappa shape index (κ1) is 20.5. The molecular formula is C19H23N3O4S. The molecule has 2 aromatic rings. The van der Waals surface area contributed by atoms with E-state index in [0.717, 1.165) is 8.61 Å². The lowest BCUT2D eigenvalue weighted by Crippen LogP contribution is -2.37. The summed E-state index contributed by atoms with van der Waals surface area (Å²) in [5.41, 5.74) is 1.51. The van der Waals surface area contributed by atoms with Crippen LogP contribution in [0.25, 0.3) is 0 Å². The Kier molecular flexibility index (Phi) is 6.59. The van der Waals surface area contributed by atoms with Crippen LogP contribution < -0.4 is 14.4 Å². The molecular weight excluding hydrogens is 366 g/mol. The number of anilines is 2. The van der Waals surface area contributed by atoms with Gasteiger partial charge in [-0.2, -0.15) is 12.7 Å². The molecule has 0 radical (unpaired) electrons. The second-order valence-electron chi connectivity index (χ2n) is 5.88. The Morgan fingerprint density at radius 1 is 1.07 bits per heavy atom. The third-order valence-electron chi connectivity index (χ3n) is 3.78. The standard InChI is InChI=1S/C19H23N3O4S/c1-5-14-26-18-12-8-16(9-13-18)20-19(23)15-6-10-17(11-7-15)22(4)27(24,25)21(2)3/h5-13H,1,14H2,2-4H3,(H,20,23). The van der Waals surface area contributed by atoms with E-state index in [4.69, 9.17) is 4.74 Å². The van der Waals surface area contributed by atoms with Gasteiger partial charge in [0.2, 0.25) is 0 Å². The Labute approximate surface area is 160 Å². The molecule has 0 atom stereocenters. The van der Waals surface area contributed by atoms with Gasteiger partial charge in [-0.1, -0.05) is 12.7 Å². The Hall–Kier alpha value is -2.84. The fourth-order valence-electron chi connectivity index (χ4n) is 2.19. The van der Waals surface area contributed by atoms with Crippen LogP contribution in [-0.4, -0.2) is 46.4 Å². The van der Waals surface area contributed by atoms with Gasteiger partial charge in [-0.05, 0) is 48.5 Å². The molecule has 0 spiro atoms. The molecule has 0 bridgehead atoms. The summed E-state index contributed by atoms with van der Waals surface area (Å²) in [6, 6.07) is 13.3. The summed E-state index contributed by atoms with van der Waals surface area (Å²) in [6.45, 7) is 4.00. The van der Waals surface area contributed by atoms with E-state index in [1.165, 1.54) is 21.1 Å². The second kappa shape index (κ2) is 8.70. The maximum absolute atomic E-state index is 12.4. The van der Waals surface area contributed by atoms with Crippen molar-refractivity contribution in [2.75, 3.05) is 37.4 Å². The monoisotopic (exact) mass is 389 g/mol. The lowest BCUT2D eigenvalue weighted by atomic mass is 10.2. The Morgan fingerprint density at radius 3 is 2.19 bits per heavy atom. The Balaban J connectivity index is 2.06. The average Bonchev–Trinajstić information content (AvgIpc) is 2.66. The molecule has 7 nitrogen and oxygen atoms in total. The van der Waals surface area contributed by atoms with Crippen LogP contribution in [0, 0.1) is 0 Å². The van der Waals surface area contributed by atoms with Crippen molar-refractivity contribution >= 4 is 27.5 Å². The predicted octanol–water partition coefficient (Wildman–Crippen LogP) is 2.75. The van der Waals surface area contributed by atoms with Crippen molar-refractivity contribution in [3.63, 3.8) is 0 Å². The number of ether oxygens (including phenoxy) is 1. The minimum Gasteiger partial charge on any atom is -0.490 e. The van der Waals surface area contributed by atoms with Crippen molar-refractivity contribution < 1.29 is 17.9 Å². The fraction of sp³-hybridized carbons (Fsp3) is 0.211. The van der Waals surface area contributed by atoms with Crippen LogP contribution in [0.5, 0.6) is 5.75 Å². The lowest BCUT2D eigenvalue weighted by Gasteiger charge is -2.23. The number of hydrogen-bond acceptors (Lipinski definition) is 4. The van der Waals surface area contributed by atoms with Crippen molar-refractivity contribution in [3.05, 3.63) is 66.7 Å². The van der Waals surface area contributed by atoms with E-state index in [1.54, 1.807) is 54.6 Å². The Morgan fingerprint density at radius 2 is 1.67 bits per heavy atom. The maximum Gasteiger partial charge on any atom is 0.303 e. The van der Waals surface area contributed by atoms with E-state index in [-0.39, 0.29) is 5.91 Å². The summed E-state index contributed by atoms with van der Waals surface area (Å²) >= 11 is 0. The smallest absolute Gasteiger partial charge is 0.303 e. The molecule has 0 saturated carbocycles. The summed E-state index contributed by atoms with van der Waals surface area (Å²) in [6.07, 6.45) is 1.65. The largest absolute Gasteiger partial charge is 0.490 e. The first-order chi connectivity index (χ1) is 12.8. The number of benzene rings is 2. The van der Waals surface area contributed by atoms with Crippen molar-refractivity contribution in [1.82, 2.24) is 4.31 Å². The summed E-state index contributed by atoms with van der Waals surface area (Å²) < 4.78 is 31.9. The molecule has 2 aromatic carbocycles. The van der Waals surface area contributed by atoms with Crippen LogP contribution in [0.4, 0.5) is 11.4 Å². The van der Waals surface area contributed by atoms with E-state index in [9.17, 15) is 13.2 Å². The SMILES string of the molecule is C=CCOc1ccc(NC(=O)c2ccc(N(C)S(=O)(=O)N(C)C)cc2)cc1. The number of carbonyl (C=O) groups excluding carboxylic acids is 1. The second-order valence-corrected chi connectivity index (χ2v) is 8.06. The van der Waals surface area contributed by atoms with Crippen LogP contribution in [0.2, 0.25) is 0 Å². The first-order valence-electron chi connectivity index (χ1n) is 8.17. The molecule has 8 heteroatoms. The quantitative estimate of drug-likeness (QED) is 0.704. The van der Waals surface area contributed by atoms with Gasteiger partial charge in [0.25, 0.3) is 5.91 Å². The minimum atomic E-state index is -3.57.